The highest BCUT2D eigenvalue weighted by Gasteiger charge is 2.65. The molecule has 2 N–H and O–H groups in total. The lowest BCUT2D eigenvalue weighted by molar-refractivity contribution is -0.264. The molecule has 404 valence electrons. The summed E-state index contributed by atoms with van der Waals surface area (Å²) in [6, 6.07) is 0. The van der Waals surface area contributed by atoms with Gasteiger partial charge in [0.2, 0.25) is 6.10 Å². The van der Waals surface area contributed by atoms with Crippen molar-refractivity contribution in [2.24, 2.45) is 74.9 Å². The molecule has 11 aliphatic carbocycles. The molecule has 12 fully saturated rings. The summed E-state index contributed by atoms with van der Waals surface area (Å²) in [6.45, 7) is 26.0. The standard InChI is InChI=1S/C17H28O2.C16H26O4.C16H26O2.C10H16O4/c1-5-16(2,3)15(18)19-17(4)13-7-11-6-12(9-13)10-14(17)8-11;1-4-13(2,3)12(17)20-16-7-11-5-14(18,9-16)8-15(19,6-11)10-16;1-4-16(2,3)15(17)18-14-9-10-8-13(14)12-7-5-6-11(10)12;1-4-10(2,3)9(12)14-7-5-6-13-8(7)11/h11-14H,5-10H2,1-4H3;11,18-19H,4-10H2,1-3H3;10-14H,4-9H2,1-3H3;7H,4-6H2,1-3H3. The topological polar surface area (TPSA) is 172 Å². The third-order valence-corrected chi connectivity index (χ3v) is 20.8. The van der Waals surface area contributed by atoms with Gasteiger partial charge in [-0.25, -0.2) is 4.79 Å². The van der Waals surface area contributed by atoms with Crippen molar-refractivity contribution in [3.8, 4) is 0 Å². The Balaban J connectivity index is 0.000000140. The molecule has 12 nitrogen and oxygen atoms in total. The molecule has 10 bridgehead atoms. The fourth-order valence-electron chi connectivity index (χ4n) is 15.2. The van der Waals surface area contributed by atoms with E-state index < -0.39 is 39.7 Å². The predicted octanol–water partition coefficient (Wildman–Crippen LogP) is 11.4. The average Bonchev–Trinajstić information content (AvgIpc) is 4.10. The fraction of sp³-hybridized carbons (Fsp3) is 0.915. The summed E-state index contributed by atoms with van der Waals surface area (Å²) < 4.78 is 27.6. The van der Waals surface area contributed by atoms with Crippen LogP contribution >= 0.6 is 0 Å². The zero-order valence-electron chi connectivity index (χ0n) is 46.4. The van der Waals surface area contributed by atoms with Gasteiger partial charge in [-0.15, -0.1) is 0 Å². The van der Waals surface area contributed by atoms with Gasteiger partial charge in [-0.2, -0.15) is 0 Å². The molecule has 12 aliphatic rings. The quantitative estimate of drug-likeness (QED) is 0.140. The first-order valence-corrected chi connectivity index (χ1v) is 28.4. The van der Waals surface area contributed by atoms with Crippen molar-refractivity contribution >= 4 is 29.8 Å². The van der Waals surface area contributed by atoms with Crippen molar-refractivity contribution in [1.29, 1.82) is 0 Å². The fourth-order valence-corrected chi connectivity index (χ4v) is 15.2. The van der Waals surface area contributed by atoms with Gasteiger partial charge in [-0.3, -0.25) is 19.2 Å². The number of carbonyl (C=O) groups is 5. The van der Waals surface area contributed by atoms with Crippen LogP contribution in [0.2, 0.25) is 0 Å². The number of carbonyl (C=O) groups excluding carboxylic acids is 5. The van der Waals surface area contributed by atoms with E-state index in [1.807, 2.05) is 55.4 Å². The van der Waals surface area contributed by atoms with Crippen LogP contribution in [-0.4, -0.2) is 81.3 Å². The number of cyclic esters (lactones) is 1. The molecule has 1 saturated heterocycles. The third-order valence-electron chi connectivity index (χ3n) is 20.8. The molecule has 0 spiro atoms. The Hall–Kier alpha value is -2.73. The number of hydrogen-bond donors (Lipinski definition) is 2. The van der Waals surface area contributed by atoms with Crippen LogP contribution in [-0.2, 0) is 47.7 Å². The Morgan fingerprint density at radius 3 is 1.52 bits per heavy atom. The van der Waals surface area contributed by atoms with Crippen molar-refractivity contribution in [2.45, 2.75) is 259 Å². The van der Waals surface area contributed by atoms with Gasteiger partial charge in [0, 0.05) is 25.7 Å². The average molecular weight is 997 g/mol. The van der Waals surface area contributed by atoms with E-state index in [2.05, 4.69) is 20.8 Å². The summed E-state index contributed by atoms with van der Waals surface area (Å²) in [4.78, 5) is 59.7. The van der Waals surface area contributed by atoms with Gasteiger partial charge in [0.15, 0.2) is 0 Å². The van der Waals surface area contributed by atoms with Crippen LogP contribution in [0.15, 0.2) is 0 Å². The van der Waals surface area contributed by atoms with E-state index >= 15 is 0 Å². The van der Waals surface area contributed by atoms with E-state index in [9.17, 15) is 34.2 Å². The lowest BCUT2D eigenvalue weighted by Crippen LogP contribution is -2.67. The lowest BCUT2D eigenvalue weighted by Gasteiger charge is -2.62. The molecule has 12 heteroatoms. The zero-order chi connectivity index (χ0) is 52.3. The van der Waals surface area contributed by atoms with E-state index in [0.717, 1.165) is 74.5 Å². The van der Waals surface area contributed by atoms with Gasteiger partial charge >= 0.3 is 29.8 Å². The van der Waals surface area contributed by atoms with Crippen molar-refractivity contribution in [3.05, 3.63) is 0 Å². The Labute approximate surface area is 427 Å². The van der Waals surface area contributed by atoms with E-state index in [-0.39, 0.29) is 52.3 Å². The molecule has 1 aliphatic heterocycles. The Morgan fingerprint density at radius 2 is 1.04 bits per heavy atom. The molecule has 11 saturated carbocycles. The largest absolute Gasteiger partial charge is 0.463 e. The first-order chi connectivity index (χ1) is 32.9. The summed E-state index contributed by atoms with van der Waals surface area (Å²) in [7, 11) is 0. The van der Waals surface area contributed by atoms with E-state index in [4.69, 9.17) is 23.7 Å². The van der Waals surface area contributed by atoms with Crippen LogP contribution in [0.3, 0.4) is 0 Å². The van der Waals surface area contributed by atoms with E-state index in [1.54, 1.807) is 13.8 Å². The smallest absolute Gasteiger partial charge is 0.347 e. The Kier molecular flexibility index (Phi) is 16.1. The minimum absolute atomic E-state index is 0.0185. The number of aliphatic hydroxyl groups is 2. The normalized spacial score (nSPS) is 40.0. The second-order valence-corrected chi connectivity index (χ2v) is 27.8. The number of fused-ring (bicyclic) bond motifs is 5. The molecular formula is C59H96O12. The first kappa shape index (κ1) is 56.0. The maximum absolute atomic E-state index is 12.5. The van der Waals surface area contributed by atoms with Gasteiger partial charge in [0.25, 0.3) is 0 Å². The third kappa shape index (κ3) is 11.7. The SMILES string of the molecule is CCC(C)(C)C(=O)OC1(C)C2CC3CC(C2)CC1C3.CCC(C)(C)C(=O)OC12CC3CC(O)(CC(O)(C3)C1)C2.CCC(C)(C)C(=O)OC1CC2CC1C1CCCC21.CCC(C)(C)C(=O)OC1CCOC1=O. The number of ether oxygens (including phenoxy) is 5. The summed E-state index contributed by atoms with van der Waals surface area (Å²) in [5, 5.41) is 21.3. The van der Waals surface area contributed by atoms with Gasteiger partial charge < -0.3 is 33.9 Å². The van der Waals surface area contributed by atoms with Crippen LogP contribution in [0.4, 0.5) is 0 Å². The van der Waals surface area contributed by atoms with Crippen LogP contribution in [0.5, 0.6) is 0 Å². The summed E-state index contributed by atoms with van der Waals surface area (Å²) in [5.74, 6) is 5.88. The monoisotopic (exact) mass is 997 g/mol. The van der Waals surface area contributed by atoms with Gasteiger partial charge in [-0.1, -0.05) is 34.1 Å². The van der Waals surface area contributed by atoms with Crippen molar-refractivity contribution < 1.29 is 57.9 Å². The van der Waals surface area contributed by atoms with Gasteiger partial charge in [0.1, 0.15) is 17.3 Å². The molecule has 0 amide bonds. The van der Waals surface area contributed by atoms with Gasteiger partial charge in [0.05, 0.1) is 39.5 Å². The molecule has 1 heterocycles. The second kappa shape index (κ2) is 20.4. The highest BCUT2D eigenvalue weighted by atomic mass is 16.6. The first-order valence-electron chi connectivity index (χ1n) is 28.4. The molecule has 71 heavy (non-hydrogen) atoms. The molecular weight excluding hydrogens is 901 g/mol. The Morgan fingerprint density at radius 1 is 0.563 bits per heavy atom. The number of rotatable bonds is 12. The minimum Gasteiger partial charge on any atom is -0.463 e. The summed E-state index contributed by atoms with van der Waals surface area (Å²) in [5.41, 5.74) is -4.18. The van der Waals surface area contributed by atoms with Crippen LogP contribution in [0, 0.1) is 74.9 Å². The van der Waals surface area contributed by atoms with Gasteiger partial charge in [-0.05, 0) is 218 Å². The van der Waals surface area contributed by atoms with Crippen LogP contribution in [0.1, 0.15) is 225 Å². The molecule has 0 aromatic rings. The van der Waals surface area contributed by atoms with Crippen LogP contribution in [0.25, 0.3) is 0 Å². The van der Waals surface area contributed by atoms with E-state index in [0.29, 0.717) is 56.5 Å². The highest BCUT2D eigenvalue weighted by molar-refractivity contribution is 5.83. The maximum Gasteiger partial charge on any atom is 0.347 e. The summed E-state index contributed by atoms with van der Waals surface area (Å²) in [6.07, 6.45) is 20.2. The van der Waals surface area contributed by atoms with Crippen molar-refractivity contribution in [2.75, 3.05) is 6.61 Å². The molecule has 0 aromatic heterocycles. The Bertz CT molecular complexity index is 1920. The highest BCUT2D eigenvalue weighted by Crippen LogP contribution is 2.62. The van der Waals surface area contributed by atoms with Crippen molar-refractivity contribution in [3.63, 3.8) is 0 Å². The molecule has 0 radical (unpaired) electrons. The van der Waals surface area contributed by atoms with E-state index in [1.165, 1.54) is 57.8 Å². The maximum atomic E-state index is 12.5. The molecule has 0 aromatic carbocycles. The minimum atomic E-state index is -0.842. The van der Waals surface area contributed by atoms with Crippen molar-refractivity contribution in [1.82, 2.24) is 0 Å². The predicted molar refractivity (Wildman–Crippen MR) is 270 cm³/mol. The van der Waals surface area contributed by atoms with Crippen LogP contribution < -0.4 is 0 Å². The lowest BCUT2D eigenvalue weighted by atomic mass is 9.50. The number of esters is 5. The molecule has 12 rings (SSSR count). The molecule has 8 atom stereocenters. The molecule has 8 unspecified atom stereocenters. The zero-order valence-corrected chi connectivity index (χ0v) is 46.4. The number of hydrogen-bond acceptors (Lipinski definition) is 12. The second-order valence-electron chi connectivity index (χ2n) is 27.8. The summed E-state index contributed by atoms with van der Waals surface area (Å²) >= 11 is 0.